The Morgan fingerprint density at radius 2 is 1.71 bits per heavy atom. The normalized spacial score (nSPS) is 13.9. The van der Waals surface area contributed by atoms with E-state index in [2.05, 4.69) is 11.6 Å². The third kappa shape index (κ3) is 5.82. The van der Waals surface area contributed by atoms with E-state index < -0.39 is 37.8 Å². The summed E-state index contributed by atoms with van der Waals surface area (Å²) in [5.74, 6) is -3.11. The Hall–Kier alpha value is -4.81. The minimum atomic E-state index is -4.28. The largest absolute Gasteiger partial charge is 0.399 e. The molecule has 1 aliphatic rings. The van der Waals surface area contributed by atoms with Crippen LogP contribution in [0.3, 0.4) is 0 Å². The molecule has 0 aliphatic carbocycles. The van der Waals surface area contributed by atoms with E-state index in [9.17, 15) is 22.4 Å². The Morgan fingerprint density at radius 1 is 1.04 bits per heavy atom. The molecule has 49 heavy (non-hydrogen) atoms. The van der Waals surface area contributed by atoms with Gasteiger partial charge in [0.2, 0.25) is 0 Å². The molecule has 1 amide bonds. The van der Waals surface area contributed by atoms with Crippen LogP contribution < -0.4 is 16.2 Å². The Labute approximate surface area is 287 Å². The summed E-state index contributed by atoms with van der Waals surface area (Å²) in [7, 11) is -4.28. The standard InChI is InChI=1S/C36H34ClF2N5O4S/c1-19(2)30-31(20(3)10-11-41-30)44-32-26(18-27(37)28(29(32)39)25-17-23(40)16-22-8-6-7-9-24(22)25)33(34(36(44)46)49(5,47)48)42-12-14-43(15-13-42)35(45)21(4)38/h6-11,16-19H,4,12-15,40H2,1-3,5H3. The number of aryl methyl sites for hydroxylation is 1. The first-order chi connectivity index (χ1) is 23.1. The molecule has 13 heteroatoms. The van der Waals surface area contributed by atoms with Crippen LogP contribution in [0.5, 0.6) is 0 Å². The quantitative estimate of drug-likeness (QED) is 0.157. The third-order valence-corrected chi connectivity index (χ3v) is 10.3. The van der Waals surface area contributed by atoms with Gasteiger partial charge in [-0.1, -0.05) is 56.3 Å². The number of nitrogen functional groups attached to an aromatic ring is 1. The Morgan fingerprint density at radius 3 is 2.35 bits per heavy atom. The zero-order valence-electron chi connectivity index (χ0n) is 27.4. The van der Waals surface area contributed by atoms with Crippen LogP contribution in [0.1, 0.15) is 31.0 Å². The van der Waals surface area contributed by atoms with Crippen molar-refractivity contribution in [1.29, 1.82) is 0 Å². The lowest BCUT2D eigenvalue weighted by molar-refractivity contribution is -0.128. The summed E-state index contributed by atoms with van der Waals surface area (Å²) in [6, 6.07) is 13.8. The van der Waals surface area contributed by atoms with Crippen LogP contribution >= 0.6 is 11.6 Å². The number of nitrogens with zero attached hydrogens (tertiary/aromatic N) is 4. The molecular weight excluding hydrogens is 672 g/mol. The third-order valence-electron chi connectivity index (χ3n) is 8.85. The number of amides is 1. The lowest BCUT2D eigenvalue weighted by atomic mass is 9.95. The van der Waals surface area contributed by atoms with Crippen LogP contribution in [-0.2, 0) is 14.6 Å². The topological polar surface area (TPSA) is 119 Å². The van der Waals surface area contributed by atoms with Crippen LogP contribution in [-0.4, -0.2) is 61.2 Å². The van der Waals surface area contributed by atoms with Gasteiger partial charge in [0.05, 0.1) is 27.6 Å². The molecule has 3 heterocycles. The average Bonchev–Trinajstić information content (AvgIpc) is 3.03. The van der Waals surface area contributed by atoms with Crippen molar-refractivity contribution in [3.8, 4) is 16.8 Å². The zero-order valence-corrected chi connectivity index (χ0v) is 28.9. The molecular formula is C36H34ClF2N5O4S. The number of halogens is 3. The van der Waals surface area contributed by atoms with Crippen molar-refractivity contribution in [2.45, 2.75) is 31.6 Å². The van der Waals surface area contributed by atoms with Crippen molar-refractivity contribution < 1.29 is 22.0 Å². The van der Waals surface area contributed by atoms with E-state index in [1.807, 2.05) is 32.0 Å². The van der Waals surface area contributed by atoms with Gasteiger partial charge < -0.3 is 15.5 Å². The first kappa shape index (κ1) is 34.1. The van der Waals surface area contributed by atoms with E-state index >= 15 is 4.39 Å². The monoisotopic (exact) mass is 705 g/mol. The molecule has 5 aromatic rings. The Balaban J connectivity index is 1.79. The van der Waals surface area contributed by atoms with Crippen molar-refractivity contribution in [2.75, 3.05) is 43.1 Å². The van der Waals surface area contributed by atoms with Crippen molar-refractivity contribution in [2.24, 2.45) is 0 Å². The number of carbonyl (C=O) groups excluding carboxylic acids is 1. The lowest BCUT2D eigenvalue weighted by Crippen LogP contribution is -2.49. The molecule has 0 atom stereocenters. The van der Waals surface area contributed by atoms with E-state index in [0.29, 0.717) is 27.9 Å². The van der Waals surface area contributed by atoms with E-state index in [1.165, 1.54) is 11.0 Å². The smallest absolute Gasteiger partial charge is 0.282 e. The SMILES string of the molecule is C=C(F)C(=O)N1CCN(c2c(S(C)(=O)=O)c(=O)n(-c3c(C)ccnc3C(C)C)c3c(F)c(-c4cc(N)cc5ccccc45)c(Cl)cc23)CC1. The van der Waals surface area contributed by atoms with Gasteiger partial charge in [-0.2, -0.15) is 0 Å². The molecule has 1 fully saturated rings. The number of benzene rings is 3. The number of sulfone groups is 1. The van der Waals surface area contributed by atoms with Crippen molar-refractivity contribution >= 4 is 60.4 Å². The van der Waals surface area contributed by atoms with Gasteiger partial charge >= 0.3 is 0 Å². The molecule has 0 unspecified atom stereocenters. The fraction of sp³-hybridized carbons (Fsp3) is 0.250. The van der Waals surface area contributed by atoms with Crippen LogP contribution in [0, 0.1) is 12.7 Å². The number of hydrogen-bond donors (Lipinski definition) is 1. The van der Waals surface area contributed by atoms with Crippen molar-refractivity contribution in [3.63, 3.8) is 0 Å². The van der Waals surface area contributed by atoms with Gasteiger partial charge in [-0.15, -0.1) is 0 Å². The highest BCUT2D eigenvalue weighted by Crippen LogP contribution is 2.44. The summed E-state index contributed by atoms with van der Waals surface area (Å²) in [5.41, 5.74) is 7.06. The summed E-state index contributed by atoms with van der Waals surface area (Å²) >= 11 is 6.97. The second-order valence-corrected chi connectivity index (χ2v) is 14.9. The summed E-state index contributed by atoms with van der Waals surface area (Å²) in [5, 5.41) is 1.43. The maximum atomic E-state index is 17.7. The van der Waals surface area contributed by atoms with Crippen LogP contribution in [0.4, 0.5) is 20.2 Å². The van der Waals surface area contributed by atoms with E-state index in [-0.39, 0.29) is 65.0 Å². The number of fused-ring (bicyclic) bond motifs is 2. The molecule has 0 spiro atoms. The molecule has 0 saturated carbocycles. The predicted octanol–water partition coefficient (Wildman–Crippen LogP) is 6.55. The van der Waals surface area contributed by atoms with E-state index in [4.69, 9.17) is 17.3 Å². The van der Waals surface area contributed by atoms with Crippen LogP contribution in [0.2, 0.25) is 5.02 Å². The van der Waals surface area contributed by atoms with E-state index in [1.54, 1.807) is 42.3 Å². The Kier molecular flexibility index (Phi) is 8.74. The summed E-state index contributed by atoms with van der Waals surface area (Å²) in [6.45, 7) is 8.60. The number of carbonyl (C=O) groups is 1. The number of pyridine rings is 2. The van der Waals surface area contributed by atoms with Gasteiger partial charge in [0.1, 0.15) is 0 Å². The molecule has 2 aromatic heterocycles. The first-order valence-electron chi connectivity index (χ1n) is 15.6. The number of nitrogens with two attached hydrogens (primary N) is 1. The summed E-state index contributed by atoms with van der Waals surface area (Å²) in [4.78, 5) is 34.0. The molecule has 1 aliphatic heterocycles. The van der Waals surface area contributed by atoms with Gasteiger partial charge in [-0.25, -0.2) is 17.2 Å². The van der Waals surface area contributed by atoms with Gasteiger partial charge in [0, 0.05) is 55.3 Å². The Bertz CT molecular complexity index is 2390. The minimum Gasteiger partial charge on any atom is -0.399 e. The predicted molar refractivity (Wildman–Crippen MR) is 191 cm³/mol. The first-order valence-corrected chi connectivity index (χ1v) is 17.8. The van der Waals surface area contributed by atoms with Gasteiger partial charge in [0.15, 0.2) is 26.4 Å². The second kappa shape index (κ2) is 12.6. The maximum absolute atomic E-state index is 17.7. The van der Waals surface area contributed by atoms with Gasteiger partial charge in [-0.3, -0.25) is 19.1 Å². The van der Waals surface area contributed by atoms with Crippen molar-refractivity contribution in [1.82, 2.24) is 14.5 Å². The van der Waals surface area contributed by atoms with Crippen LogP contribution in [0.25, 0.3) is 38.5 Å². The van der Waals surface area contributed by atoms with Crippen molar-refractivity contribution in [3.05, 3.63) is 99.6 Å². The number of hydrogen-bond acceptors (Lipinski definition) is 7. The highest BCUT2D eigenvalue weighted by atomic mass is 35.5. The number of piperazine rings is 1. The van der Waals surface area contributed by atoms with Gasteiger partial charge in [0.25, 0.3) is 11.5 Å². The molecule has 1 saturated heterocycles. The molecule has 254 valence electrons. The molecule has 6 rings (SSSR count). The highest BCUT2D eigenvalue weighted by molar-refractivity contribution is 7.90. The molecule has 2 N–H and O–H groups in total. The number of rotatable bonds is 6. The summed E-state index contributed by atoms with van der Waals surface area (Å²) < 4.78 is 59.8. The fourth-order valence-electron chi connectivity index (χ4n) is 6.67. The van der Waals surface area contributed by atoms with Crippen LogP contribution in [0.15, 0.2) is 76.8 Å². The molecule has 0 radical (unpaired) electrons. The zero-order chi connectivity index (χ0) is 35.5. The lowest BCUT2D eigenvalue weighted by Gasteiger charge is -2.37. The average molecular weight is 706 g/mol. The fourth-order valence-corrected chi connectivity index (χ4v) is 7.97. The summed E-state index contributed by atoms with van der Waals surface area (Å²) in [6.07, 6.45) is 2.50. The van der Waals surface area contributed by atoms with Gasteiger partial charge in [-0.05, 0) is 59.0 Å². The highest BCUT2D eigenvalue weighted by Gasteiger charge is 2.34. The molecule has 3 aromatic carbocycles. The number of anilines is 2. The molecule has 9 nitrogen and oxygen atoms in total. The maximum Gasteiger partial charge on any atom is 0.282 e. The molecule has 0 bridgehead atoms. The van der Waals surface area contributed by atoms with E-state index in [0.717, 1.165) is 16.2 Å². The minimum absolute atomic E-state index is 0.00164. The number of aromatic nitrogens is 2. The second-order valence-electron chi connectivity index (χ2n) is 12.5.